The second kappa shape index (κ2) is 6.09. The summed E-state index contributed by atoms with van der Waals surface area (Å²) in [6.45, 7) is 10.8. The standard InChI is InChI=1S/C14H19N3.C2H6/c1-11(2)13-9-15-17-10-12(5-6-14(13)17)16-7-3-4-8-16;1-2/h5-6,9-11H,3-4,7-8H2,1-2H3;1-2H3. The summed E-state index contributed by atoms with van der Waals surface area (Å²) in [6, 6.07) is 4.43. The molecule has 0 atom stereocenters. The lowest BCUT2D eigenvalue weighted by atomic mass is 10.1. The number of hydrogen-bond acceptors (Lipinski definition) is 2. The van der Waals surface area contributed by atoms with Crippen LogP contribution in [0.25, 0.3) is 5.52 Å². The molecule has 2 aromatic heterocycles. The topological polar surface area (TPSA) is 20.5 Å². The lowest BCUT2D eigenvalue weighted by Crippen LogP contribution is -2.17. The van der Waals surface area contributed by atoms with Crippen LogP contribution in [0, 0.1) is 0 Å². The summed E-state index contributed by atoms with van der Waals surface area (Å²) in [5, 5.41) is 4.46. The molecule has 0 amide bonds. The molecule has 3 heterocycles. The highest BCUT2D eigenvalue weighted by Crippen LogP contribution is 2.24. The molecule has 19 heavy (non-hydrogen) atoms. The van der Waals surface area contributed by atoms with Crippen LogP contribution in [0.5, 0.6) is 0 Å². The zero-order valence-electron chi connectivity index (χ0n) is 12.6. The van der Waals surface area contributed by atoms with Crippen LogP contribution in [0.15, 0.2) is 24.5 Å². The first-order valence-electron chi connectivity index (χ1n) is 7.48. The van der Waals surface area contributed by atoms with Gasteiger partial charge in [-0.25, -0.2) is 4.52 Å². The molecule has 1 aliphatic heterocycles. The van der Waals surface area contributed by atoms with Gasteiger partial charge in [-0.05, 0) is 30.9 Å². The van der Waals surface area contributed by atoms with Gasteiger partial charge in [0, 0.05) is 18.7 Å². The normalized spacial score (nSPS) is 14.9. The fraction of sp³-hybridized carbons (Fsp3) is 0.562. The highest BCUT2D eigenvalue weighted by Gasteiger charge is 2.14. The Morgan fingerprint density at radius 1 is 1.11 bits per heavy atom. The lowest BCUT2D eigenvalue weighted by molar-refractivity contribution is 0.875. The molecule has 0 bridgehead atoms. The van der Waals surface area contributed by atoms with E-state index in [4.69, 9.17) is 0 Å². The Kier molecular flexibility index (Phi) is 4.46. The predicted molar refractivity (Wildman–Crippen MR) is 82.1 cm³/mol. The fourth-order valence-electron chi connectivity index (χ4n) is 2.60. The first-order valence-corrected chi connectivity index (χ1v) is 7.48. The summed E-state index contributed by atoms with van der Waals surface area (Å²) >= 11 is 0. The van der Waals surface area contributed by atoms with Crippen molar-refractivity contribution in [3.63, 3.8) is 0 Å². The van der Waals surface area contributed by atoms with E-state index in [1.807, 2.05) is 24.6 Å². The average molecular weight is 259 g/mol. The third kappa shape index (κ3) is 2.75. The Labute approximate surface area is 116 Å². The molecule has 0 saturated carbocycles. The number of anilines is 1. The second-order valence-corrected chi connectivity index (χ2v) is 5.17. The van der Waals surface area contributed by atoms with E-state index in [9.17, 15) is 0 Å². The molecule has 0 aromatic carbocycles. The summed E-state index contributed by atoms with van der Waals surface area (Å²) in [5.74, 6) is 0.533. The maximum absolute atomic E-state index is 4.46. The predicted octanol–water partition coefficient (Wildman–Crippen LogP) is 4.08. The van der Waals surface area contributed by atoms with Crippen LogP contribution in [0.4, 0.5) is 5.69 Å². The van der Waals surface area contributed by atoms with E-state index in [1.54, 1.807) is 0 Å². The number of pyridine rings is 1. The van der Waals surface area contributed by atoms with Crippen LogP contribution in [0.1, 0.15) is 52.0 Å². The molecule has 0 unspecified atom stereocenters. The largest absolute Gasteiger partial charge is 0.370 e. The molecule has 0 aliphatic carbocycles. The van der Waals surface area contributed by atoms with Crippen LogP contribution < -0.4 is 4.90 Å². The van der Waals surface area contributed by atoms with Crippen LogP contribution in [0.3, 0.4) is 0 Å². The summed E-state index contributed by atoms with van der Waals surface area (Å²) in [6.07, 6.45) is 6.78. The number of nitrogens with zero attached hydrogens (tertiary/aromatic N) is 3. The van der Waals surface area contributed by atoms with E-state index in [0.29, 0.717) is 5.92 Å². The van der Waals surface area contributed by atoms with Crippen molar-refractivity contribution < 1.29 is 0 Å². The highest BCUT2D eigenvalue weighted by molar-refractivity contribution is 5.60. The molecule has 3 rings (SSSR count). The van der Waals surface area contributed by atoms with E-state index in [1.165, 1.54) is 42.7 Å². The number of aromatic nitrogens is 2. The fourth-order valence-corrected chi connectivity index (χ4v) is 2.60. The first kappa shape index (κ1) is 13.9. The molecule has 1 aliphatic rings. The van der Waals surface area contributed by atoms with E-state index in [0.717, 1.165) is 0 Å². The summed E-state index contributed by atoms with van der Waals surface area (Å²) < 4.78 is 2.02. The quantitative estimate of drug-likeness (QED) is 0.810. The van der Waals surface area contributed by atoms with Gasteiger partial charge < -0.3 is 4.90 Å². The molecule has 0 spiro atoms. The molecular weight excluding hydrogens is 234 g/mol. The maximum atomic E-state index is 4.46. The molecule has 104 valence electrons. The van der Waals surface area contributed by atoms with Crippen LogP contribution >= 0.6 is 0 Å². The lowest BCUT2D eigenvalue weighted by Gasteiger charge is -2.17. The molecule has 3 nitrogen and oxygen atoms in total. The third-order valence-corrected chi connectivity index (χ3v) is 3.62. The molecule has 1 fully saturated rings. The summed E-state index contributed by atoms with van der Waals surface area (Å²) in [5.41, 5.74) is 3.87. The van der Waals surface area contributed by atoms with Crippen molar-refractivity contribution in [2.45, 2.75) is 46.5 Å². The van der Waals surface area contributed by atoms with Crippen molar-refractivity contribution in [3.8, 4) is 0 Å². The van der Waals surface area contributed by atoms with Crippen molar-refractivity contribution in [3.05, 3.63) is 30.1 Å². The van der Waals surface area contributed by atoms with Crippen LogP contribution in [0.2, 0.25) is 0 Å². The molecule has 0 N–H and O–H groups in total. The molecule has 1 saturated heterocycles. The maximum Gasteiger partial charge on any atom is 0.0697 e. The van der Waals surface area contributed by atoms with Gasteiger partial charge in [0.2, 0.25) is 0 Å². The van der Waals surface area contributed by atoms with Gasteiger partial charge in [-0.15, -0.1) is 0 Å². The van der Waals surface area contributed by atoms with Gasteiger partial charge >= 0.3 is 0 Å². The van der Waals surface area contributed by atoms with Gasteiger partial charge in [0.25, 0.3) is 0 Å². The number of rotatable bonds is 2. The third-order valence-electron chi connectivity index (χ3n) is 3.62. The Morgan fingerprint density at radius 2 is 1.79 bits per heavy atom. The Morgan fingerprint density at radius 3 is 2.42 bits per heavy atom. The molecular formula is C16H25N3. The van der Waals surface area contributed by atoms with Gasteiger partial charge in [0.15, 0.2) is 0 Å². The summed E-state index contributed by atoms with van der Waals surface area (Å²) in [4.78, 5) is 2.44. The Balaban J connectivity index is 0.000000637. The zero-order valence-corrected chi connectivity index (χ0v) is 12.6. The molecule has 3 heteroatoms. The van der Waals surface area contributed by atoms with Crippen molar-refractivity contribution in [1.29, 1.82) is 0 Å². The van der Waals surface area contributed by atoms with Crippen molar-refractivity contribution >= 4 is 11.2 Å². The van der Waals surface area contributed by atoms with E-state index >= 15 is 0 Å². The van der Waals surface area contributed by atoms with Gasteiger partial charge in [-0.3, -0.25) is 0 Å². The number of fused-ring (bicyclic) bond motifs is 1. The van der Waals surface area contributed by atoms with Crippen molar-refractivity contribution in [2.24, 2.45) is 0 Å². The van der Waals surface area contributed by atoms with E-state index in [2.05, 4.69) is 42.2 Å². The first-order chi connectivity index (χ1) is 9.25. The number of hydrogen-bond donors (Lipinski definition) is 0. The Bertz CT molecular complexity index is 522. The van der Waals surface area contributed by atoms with Crippen molar-refractivity contribution in [2.75, 3.05) is 18.0 Å². The summed E-state index contributed by atoms with van der Waals surface area (Å²) in [7, 11) is 0. The molecule has 2 aromatic rings. The minimum absolute atomic E-state index is 0.533. The van der Waals surface area contributed by atoms with Gasteiger partial charge in [0.05, 0.1) is 23.6 Å². The average Bonchev–Trinajstić information content (AvgIpc) is 3.09. The minimum Gasteiger partial charge on any atom is -0.370 e. The zero-order chi connectivity index (χ0) is 13.8. The highest BCUT2D eigenvalue weighted by atomic mass is 15.2. The van der Waals surface area contributed by atoms with Crippen molar-refractivity contribution in [1.82, 2.24) is 9.61 Å². The van der Waals surface area contributed by atoms with Gasteiger partial charge in [0.1, 0.15) is 0 Å². The van der Waals surface area contributed by atoms with Crippen LogP contribution in [-0.2, 0) is 0 Å². The molecule has 0 radical (unpaired) electrons. The second-order valence-electron chi connectivity index (χ2n) is 5.17. The SMILES string of the molecule is CC.CC(C)c1cnn2cc(N3CCCC3)ccc12. The van der Waals surface area contributed by atoms with Crippen LogP contribution in [-0.4, -0.2) is 22.7 Å². The smallest absolute Gasteiger partial charge is 0.0697 e. The van der Waals surface area contributed by atoms with E-state index < -0.39 is 0 Å². The van der Waals surface area contributed by atoms with Gasteiger partial charge in [-0.1, -0.05) is 27.7 Å². The minimum atomic E-state index is 0.533. The Hall–Kier alpha value is -1.51. The van der Waals surface area contributed by atoms with E-state index in [-0.39, 0.29) is 0 Å². The monoisotopic (exact) mass is 259 g/mol. The van der Waals surface area contributed by atoms with Gasteiger partial charge in [-0.2, -0.15) is 5.10 Å².